The topological polar surface area (TPSA) is 34.6 Å². The molecule has 0 amide bonds. The van der Waals surface area contributed by atoms with Crippen LogP contribution < -0.4 is 0 Å². The molecule has 0 radical (unpaired) electrons. The Morgan fingerprint density at radius 3 is 2.42 bits per heavy atom. The molecule has 0 spiro atoms. The number of ether oxygens (including phenoxy) is 2. The normalized spacial score (nSPS) is 24.2. The molecule has 0 N–H and O–H groups in total. The highest BCUT2D eigenvalue weighted by Gasteiger charge is 2.24. The van der Waals surface area contributed by atoms with Crippen molar-refractivity contribution in [1.82, 2.24) is 9.88 Å². The minimum atomic E-state index is 0.376. The van der Waals surface area contributed by atoms with Gasteiger partial charge in [0.15, 0.2) is 0 Å². The Balaban J connectivity index is 1.41. The smallest absolute Gasteiger partial charge is 0.124 e. The SMILES string of the molecule is c1cc(-c2nc(CN(CC3CCCO3)CC3CCCO3)cs2)cs1. The highest BCUT2D eigenvalue weighted by Crippen LogP contribution is 2.27. The average Bonchev–Trinajstić information content (AvgIpc) is 3.37. The molecule has 0 aromatic carbocycles. The molecule has 24 heavy (non-hydrogen) atoms. The predicted octanol–water partition coefficient (Wildman–Crippen LogP) is 4.03. The molecule has 4 nitrogen and oxygen atoms in total. The van der Waals surface area contributed by atoms with E-state index in [1.807, 2.05) is 0 Å². The fraction of sp³-hybridized carbons (Fsp3) is 0.611. The Labute approximate surface area is 151 Å². The minimum Gasteiger partial charge on any atom is -0.377 e. The highest BCUT2D eigenvalue weighted by atomic mass is 32.1. The van der Waals surface area contributed by atoms with Gasteiger partial charge in [0.1, 0.15) is 5.01 Å². The van der Waals surface area contributed by atoms with E-state index in [0.29, 0.717) is 12.2 Å². The average molecular weight is 365 g/mol. The van der Waals surface area contributed by atoms with Crippen LogP contribution in [0.3, 0.4) is 0 Å². The quantitative estimate of drug-likeness (QED) is 0.743. The maximum Gasteiger partial charge on any atom is 0.124 e. The standard InChI is InChI=1S/C18H24N2O2S2/c1-3-16(21-6-1)10-20(11-17-4-2-7-22-17)9-15-13-24-18(19-15)14-5-8-23-12-14/h5,8,12-13,16-17H,1-4,6-7,9-11H2. The Bertz CT molecular complexity index is 599. The fourth-order valence-electron chi connectivity index (χ4n) is 3.48. The molecule has 2 aromatic rings. The molecule has 2 saturated heterocycles. The van der Waals surface area contributed by atoms with E-state index >= 15 is 0 Å². The third-order valence-electron chi connectivity index (χ3n) is 4.68. The number of rotatable bonds is 7. The summed E-state index contributed by atoms with van der Waals surface area (Å²) in [5.41, 5.74) is 2.40. The Morgan fingerprint density at radius 1 is 1.08 bits per heavy atom. The summed E-state index contributed by atoms with van der Waals surface area (Å²) in [6.45, 7) is 4.70. The van der Waals surface area contributed by atoms with E-state index in [2.05, 4.69) is 27.1 Å². The molecule has 2 aromatic heterocycles. The van der Waals surface area contributed by atoms with Crippen LogP contribution in [-0.4, -0.2) is 48.4 Å². The van der Waals surface area contributed by atoms with Crippen LogP contribution >= 0.6 is 22.7 Å². The molecule has 2 unspecified atom stereocenters. The highest BCUT2D eigenvalue weighted by molar-refractivity contribution is 7.14. The second-order valence-electron chi connectivity index (χ2n) is 6.62. The molecular formula is C18H24N2O2S2. The van der Waals surface area contributed by atoms with Gasteiger partial charge in [0.2, 0.25) is 0 Å². The first kappa shape index (κ1) is 16.7. The van der Waals surface area contributed by atoms with E-state index in [9.17, 15) is 0 Å². The third kappa shape index (κ3) is 4.24. The van der Waals surface area contributed by atoms with Crippen molar-refractivity contribution in [3.63, 3.8) is 0 Å². The molecule has 4 rings (SSSR count). The molecule has 2 aliphatic rings. The van der Waals surface area contributed by atoms with E-state index in [0.717, 1.165) is 43.5 Å². The van der Waals surface area contributed by atoms with Gasteiger partial charge in [-0.15, -0.1) is 11.3 Å². The Morgan fingerprint density at radius 2 is 1.83 bits per heavy atom. The van der Waals surface area contributed by atoms with Crippen molar-refractivity contribution in [2.45, 2.75) is 44.4 Å². The lowest BCUT2D eigenvalue weighted by molar-refractivity contribution is 0.0342. The van der Waals surface area contributed by atoms with Crippen molar-refractivity contribution in [1.29, 1.82) is 0 Å². The first-order valence-corrected chi connectivity index (χ1v) is 10.6. The van der Waals surface area contributed by atoms with E-state index in [-0.39, 0.29) is 0 Å². The van der Waals surface area contributed by atoms with E-state index in [4.69, 9.17) is 14.5 Å². The van der Waals surface area contributed by atoms with Gasteiger partial charge in [0.05, 0.1) is 17.9 Å². The number of hydrogen-bond donors (Lipinski definition) is 0. The zero-order valence-corrected chi connectivity index (χ0v) is 15.5. The van der Waals surface area contributed by atoms with E-state index in [1.165, 1.54) is 31.2 Å². The molecule has 0 bridgehead atoms. The summed E-state index contributed by atoms with van der Waals surface area (Å²) in [5.74, 6) is 0. The summed E-state index contributed by atoms with van der Waals surface area (Å²) in [7, 11) is 0. The van der Waals surface area contributed by atoms with E-state index in [1.54, 1.807) is 22.7 Å². The first-order valence-electron chi connectivity index (χ1n) is 8.79. The number of aromatic nitrogens is 1. The number of nitrogens with zero attached hydrogens (tertiary/aromatic N) is 2. The van der Waals surface area contributed by atoms with Gasteiger partial charge in [-0.2, -0.15) is 11.3 Å². The van der Waals surface area contributed by atoms with Crippen molar-refractivity contribution in [2.24, 2.45) is 0 Å². The lowest BCUT2D eigenvalue weighted by Crippen LogP contribution is -2.37. The van der Waals surface area contributed by atoms with Crippen molar-refractivity contribution in [3.05, 3.63) is 27.9 Å². The maximum absolute atomic E-state index is 5.85. The molecule has 0 saturated carbocycles. The number of thiazole rings is 1. The van der Waals surface area contributed by atoms with Crippen molar-refractivity contribution in [2.75, 3.05) is 26.3 Å². The van der Waals surface area contributed by atoms with E-state index < -0.39 is 0 Å². The zero-order valence-electron chi connectivity index (χ0n) is 13.9. The van der Waals surface area contributed by atoms with Crippen LogP contribution in [0.4, 0.5) is 0 Å². The number of thiophene rings is 1. The molecule has 6 heteroatoms. The Kier molecular flexibility index (Phi) is 5.60. The molecular weight excluding hydrogens is 340 g/mol. The van der Waals surface area contributed by atoms with Crippen LogP contribution in [0.2, 0.25) is 0 Å². The van der Waals surface area contributed by atoms with Gasteiger partial charge >= 0.3 is 0 Å². The van der Waals surface area contributed by atoms with Crippen LogP contribution in [-0.2, 0) is 16.0 Å². The Hall–Kier alpha value is -0.790. The molecule has 2 fully saturated rings. The van der Waals surface area contributed by atoms with Gasteiger partial charge in [-0.25, -0.2) is 4.98 Å². The van der Waals surface area contributed by atoms with Gasteiger partial charge in [-0.1, -0.05) is 0 Å². The van der Waals surface area contributed by atoms with Crippen LogP contribution in [0.15, 0.2) is 22.2 Å². The molecule has 4 heterocycles. The maximum atomic E-state index is 5.85. The van der Waals surface area contributed by atoms with Crippen LogP contribution in [0.1, 0.15) is 31.4 Å². The molecule has 2 atom stereocenters. The molecule has 2 aliphatic heterocycles. The molecule has 130 valence electrons. The zero-order chi connectivity index (χ0) is 16.2. The van der Waals surface area contributed by atoms with Gasteiger partial charge in [-0.05, 0) is 37.1 Å². The van der Waals surface area contributed by atoms with Gasteiger partial charge in [-0.3, -0.25) is 4.90 Å². The van der Waals surface area contributed by atoms with Crippen molar-refractivity contribution >= 4 is 22.7 Å². The summed E-state index contributed by atoms with van der Waals surface area (Å²) in [5, 5.41) is 7.60. The summed E-state index contributed by atoms with van der Waals surface area (Å²) in [6, 6.07) is 2.14. The van der Waals surface area contributed by atoms with Crippen molar-refractivity contribution < 1.29 is 9.47 Å². The van der Waals surface area contributed by atoms with Gasteiger partial charge in [0, 0.05) is 49.2 Å². The monoisotopic (exact) mass is 364 g/mol. The summed E-state index contributed by atoms with van der Waals surface area (Å²) in [4.78, 5) is 7.33. The van der Waals surface area contributed by atoms with Gasteiger partial charge < -0.3 is 9.47 Å². The summed E-state index contributed by atoms with van der Waals surface area (Å²) >= 11 is 3.46. The van der Waals surface area contributed by atoms with Crippen molar-refractivity contribution in [3.8, 4) is 10.6 Å². The van der Waals surface area contributed by atoms with Crippen LogP contribution in [0.5, 0.6) is 0 Å². The lowest BCUT2D eigenvalue weighted by atomic mass is 10.2. The summed E-state index contributed by atoms with van der Waals surface area (Å²) < 4.78 is 11.7. The first-order chi connectivity index (χ1) is 11.9. The second kappa shape index (κ2) is 8.06. The minimum absolute atomic E-state index is 0.376. The molecule has 0 aliphatic carbocycles. The summed E-state index contributed by atoms with van der Waals surface area (Å²) in [6.07, 6.45) is 5.50. The largest absolute Gasteiger partial charge is 0.377 e. The lowest BCUT2D eigenvalue weighted by Gasteiger charge is -2.26. The predicted molar refractivity (Wildman–Crippen MR) is 98.7 cm³/mol. The van der Waals surface area contributed by atoms with Gasteiger partial charge in [0.25, 0.3) is 0 Å². The van der Waals surface area contributed by atoms with Crippen LogP contribution in [0.25, 0.3) is 10.6 Å². The van der Waals surface area contributed by atoms with Crippen LogP contribution in [0, 0.1) is 0 Å². The fourth-order valence-corrected chi connectivity index (χ4v) is 5.01. The third-order valence-corrected chi connectivity index (χ3v) is 6.30. The second-order valence-corrected chi connectivity index (χ2v) is 8.26. The number of hydrogen-bond acceptors (Lipinski definition) is 6.